The summed E-state index contributed by atoms with van der Waals surface area (Å²) >= 11 is 0. The maximum Gasteiger partial charge on any atom is 0.199 e. The van der Waals surface area contributed by atoms with Gasteiger partial charge < -0.3 is 0 Å². The highest BCUT2D eigenvalue weighted by molar-refractivity contribution is 6.08. The van der Waals surface area contributed by atoms with Crippen molar-refractivity contribution in [2.75, 3.05) is 0 Å². The third kappa shape index (κ3) is 1.79. The zero-order chi connectivity index (χ0) is 10.8. The SMILES string of the molecule is Cn1cc(C(=O)c2ccccc2F)cn1. The first kappa shape index (κ1) is 9.58. The Bertz CT molecular complexity index is 505. The lowest BCUT2D eigenvalue weighted by molar-refractivity contribution is 0.103. The van der Waals surface area contributed by atoms with E-state index in [1.165, 1.54) is 23.0 Å². The van der Waals surface area contributed by atoms with Gasteiger partial charge in [0, 0.05) is 13.2 Å². The molecule has 0 atom stereocenters. The van der Waals surface area contributed by atoms with Gasteiger partial charge in [-0.25, -0.2) is 4.39 Å². The number of hydrogen-bond acceptors (Lipinski definition) is 2. The van der Waals surface area contributed by atoms with Crippen LogP contribution in [0, 0.1) is 5.82 Å². The normalized spacial score (nSPS) is 10.3. The number of aromatic nitrogens is 2. The molecule has 3 nitrogen and oxygen atoms in total. The average molecular weight is 204 g/mol. The summed E-state index contributed by atoms with van der Waals surface area (Å²) in [6.07, 6.45) is 2.99. The highest BCUT2D eigenvalue weighted by atomic mass is 19.1. The largest absolute Gasteiger partial charge is 0.288 e. The average Bonchev–Trinajstić information content (AvgIpc) is 2.65. The molecule has 1 heterocycles. The molecule has 4 heteroatoms. The van der Waals surface area contributed by atoms with Gasteiger partial charge in [-0.3, -0.25) is 9.48 Å². The van der Waals surface area contributed by atoms with Crippen molar-refractivity contribution >= 4 is 5.78 Å². The van der Waals surface area contributed by atoms with Crippen LogP contribution >= 0.6 is 0 Å². The molecule has 0 bridgehead atoms. The summed E-state index contributed by atoms with van der Waals surface area (Å²) < 4.78 is 14.8. The van der Waals surface area contributed by atoms with Crippen LogP contribution in [0.25, 0.3) is 0 Å². The third-order valence-corrected chi connectivity index (χ3v) is 2.09. The molecule has 15 heavy (non-hydrogen) atoms. The number of benzene rings is 1. The molecule has 0 unspecified atom stereocenters. The Labute approximate surface area is 86.2 Å². The smallest absolute Gasteiger partial charge is 0.199 e. The Balaban J connectivity index is 2.41. The predicted molar refractivity (Wildman–Crippen MR) is 53.0 cm³/mol. The molecular weight excluding hydrogens is 195 g/mol. The lowest BCUT2D eigenvalue weighted by Gasteiger charge is -1.98. The summed E-state index contributed by atoms with van der Waals surface area (Å²) in [7, 11) is 1.71. The van der Waals surface area contributed by atoms with Gasteiger partial charge in [-0.2, -0.15) is 5.10 Å². The van der Waals surface area contributed by atoms with E-state index in [-0.39, 0.29) is 11.3 Å². The van der Waals surface area contributed by atoms with Crippen molar-refractivity contribution in [1.29, 1.82) is 0 Å². The van der Waals surface area contributed by atoms with E-state index >= 15 is 0 Å². The summed E-state index contributed by atoms with van der Waals surface area (Å²) in [6, 6.07) is 5.91. The molecule has 0 fully saturated rings. The van der Waals surface area contributed by atoms with Crippen molar-refractivity contribution in [2.24, 2.45) is 7.05 Å². The number of carbonyl (C=O) groups excluding carboxylic acids is 1. The molecule has 0 aliphatic rings. The van der Waals surface area contributed by atoms with Crippen LogP contribution in [0.5, 0.6) is 0 Å². The lowest BCUT2D eigenvalue weighted by Crippen LogP contribution is -2.02. The Morgan fingerprint density at radius 1 is 1.40 bits per heavy atom. The van der Waals surface area contributed by atoms with E-state index in [0.29, 0.717) is 5.56 Å². The number of hydrogen-bond donors (Lipinski definition) is 0. The van der Waals surface area contributed by atoms with Crippen LogP contribution in [0.1, 0.15) is 15.9 Å². The number of carbonyl (C=O) groups is 1. The lowest BCUT2D eigenvalue weighted by atomic mass is 10.1. The molecule has 1 aromatic carbocycles. The monoisotopic (exact) mass is 204 g/mol. The summed E-state index contributed by atoms with van der Waals surface area (Å²) in [5.74, 6) is -0.854. The highest BCUT2D eigenvalue weighted by Gasteiger charge is 2.14. The topological polar surface area (TPSA) is 34.9 Å². The van der Waals surface area contributed by atoms with E-state index in [1.807, 2.05) is 0 Å². The minimum Gasteiger partial charge on any atom is -0.288 e. The van der Waals surface area contributed by atoms with Gasteiger partial charge in [-0.05, 0) is 12.1 Å². The minimum absolute atomic E-state index is 0.0745. The van der Waals surface area contributed by atoms with E-state index < -0.39 is 5.82 Å². The molecule has 2 rings (SSSR count). The summed E-state index contributed by atoms with van der Waals surface area (Å²) in [6.45, 7) is 0. The first-order chi connectivity index (χ1) is 7.18. The maximum absolute atomic E-state index is 13.3. The van der Waals surface area contributed by atoms with Crippen LogP contribution in [0.15, 0.2) is 36.7 Å². The fourth-order valence-corrected chi connectivity index (χ4v) is 1.34. The van der Waals surface area contributed by atoms with Gasteiger partial charge in [0.05, 0.1) is 17.3 Å². The van der Waals surface area contributed by atoms with Crippen LogP contribution in [0.4, 0.5) is 4.39 Å². The van der Waals surface area contributed by atoms with Gasteiger partial charge in [0.1, 0.15) is 5.82 Å². The zero-order valence-electron chi connectivity index (χ0n) is 8.14. The highest BCUT2D eigenvalue weighted by Crippen LogP contribution is 2.12. The molecule has 0 saturated heterocycles. The maximum atomic E-state index is 13.3. The molecular formula is C11H9FN2O. The molecule has 0 amide bonds. The number of rotatable bonds is 2. The Morgan fingerprint density at radius 2 is 2.13 bits per heavy atom. The molecule has 76 valence electrons. The Morgan fingerprint density at radius 3 is 2.73 bits per heavy atom. The second kappa shape index (κ2) is 3.65. The second-order valence-corrected chi connectivity index (χ2v) is 3.21. The quantitative estimate of drug-likeness (QED) is 0.699. The van der Waals surface area contributed by atoms with Crippen molar-refractivity contribution in [2.45, 2.75) is 0 Å². The van der Waals surface area contributed by atoms with E-state index in [2.05, 4.69) is 5.10 Å². The molecule has 0 saturated carbocycles. The Kier molecular flexibility index (Phi) is 2.33. The van der Waals surface area contributed by atoms with E-state index in [9.17, 15) is 9.18 Å². The van der Waals surface area contributed by atoms with Crippen molar-refractivity contribution in [3.63, 3.8) is 0 Å². The summed E-state index contributed by atoms with van der Waals surface area (Å²) in [4.78, 5) is 11.8. The van der Waals surface area contributed by atoms with Crippen LogP contribution in [0.2, 0.25) is 0 Å². The molecule has 0 radical (unpaired) electrons. The van der Waals surface area contributed by atoms with Crippen molar-refractivity contribution in [1.82, 2.24) is 9.78 Å². The molecule has 0 aliphatic carbocycles. The number of ketones is 1. The second-order valence-electron chi connectivity index (χ2n) is 3.21. The summed E-state index contributed by atoms with van der Waals surface area (Å²) in [5, 5.41) is 3.87. The van der Waals surface area contributed by atoms with Gasteiger partial charge >= 0.3 is 0 Å². The van der Waals surface area contributed by atoms with Gasteiger partial charge in [0.15, 0.2) is 5.78 Å². The molecule has 0 spiro atoms. The number of nitrogens with zero attached hydrogens (tertiary/aromatic N) is 2. The molecule has 0 N–H and O–H groups in total. The van der Waals surface area contributed by atoms with E-state index in [0.717, 1.165) is 0 Å². The summed E-state index contributed by atoms with van der Waals surface area (Å²) in [5.41, 5.74) is 0.466. The van der Waals surface area contributed by atoms with Gasteiger partial charge in [0.2, 0.25) is 0 Å². The van der Waals surface area contributed by atoms with Gasteiger partial charge in [-0.1, -0.05) is 12.1 Å². The van der Waals surface area contributed by atoms with Crippen LogP contribution in [-0.4, -0.2) is 15.6 Å². The third-order valence-electron chi connectivity index (χ3n) is 2.09. The molecule has 0 aliphatic heterocycles. The molecule has 2 aromatic rings. The zero-order valence-corrected chi connectivity index (χ0v) is 8.14. The van der Waals surface area contributed by atoms with Crippen molar-refractivity contribution < 1.29 is 9.18 Å². The first-order valence-corrected chi connectivity index (χ1v) is 4.46. The van der Waals surface area contributed by atoms with Crippen LogP contribution in [-0.2, 0) is 7.05 Å². The Hall–Kier alpha value is -1.97. The molecule has 1 aromatic heterocycles. The van der Waals surface area contributed by atoms with Gasteiger partial charge in [0.25, 0.3) is 0 Å². The van der Waals surface area contributed by atoms with Crippen LogP contribution < -0.4 is 0 Å². The van der Waals surface area contributed by atoms with E-state index in [1.54, 1.807) is 25.4 Å². The first-order valence-electron chi connectivity index (χ1n) is 4.46. The van der Waals surface area contributed by atoms with Crippen molar-refractivity contribution in [3.05, 3.63) is 53.6 Å². The van der Waals surface area contributed by atoms with Crippen molar-refractivity contribution in [3.8, 4) is 0 Å². The fourth-order valence-electron chi connectivity index (χ4n) is 1.34. The number of halogens is 1. The van der Waals surface area contributed by atoms with Crippen LogP contribution in [0.3, 0.4) is 0 Å². The fraction of sp³-hybridized carbons (Fsp3) is 0.0909. The minimum atomic E-state index is -0.508. The standard InChI is InChI=1S/C11H9FN2O/c1-14-7-8(6-13-14)11(15)9-4-2-3-5-10(9)12/h2-7H,1H3. The van der Waals surface area contributed by atoms with Gasteiger partial charge in [-0.15, -0.1) is 0 Å². The van der Waals surface area contributed by atoms with E-state index in [4.69, 9.17) is 0 Å². The number of aryl methyl sites for hydroxylation is 1. The predicted octanol–water partition coefficient (Wildman–Crippen LogP) is 1.79.